The van der Waals surface area contributed by atoms with Crippen LogP contribution in [0.4, 0.5) is 4.39 Å². The molecule has 1 aromatic carbocycles. The number of benzene rings is 1. The molecular formula is C13H16FN3. The van der Waals surface area contributed by atoms with Gasteiger partial charge in [-0.15, -0.1) is 0 Å². The van der Waals surface area contributed by atoms with Crippen molar-refractivity contribution < 1.29 is 4.39 Å². The van der Waals surface area contributed by atoms with Crippen molar-refractivity contribution in [3.8, 4) is 0 Å². The molecule has 0 aliphatic carbocycles. The highest BCUT2D eigenvalue weighted by Crippen LogP contribution is 2.11. The lowest BCUT2D eigenvalue weighted by Gasteiger charge is -2.06. The van der Waals surface area contributed by atoms with Gasteiger partial charge in [0, 0.05) is 12.7 Å². The molecular weight excluding hydrogens is 217 g/mol. The van der Waals surface area contributed by atoms with Crippen LogP contribution in [0.3, 0.4) is 0 Å². The Balaban J connectivity index is 2.16. The van der Waals surface area contributed by atoms with Gasteiger partial charge in [-0.05, 0) is 43.3 Å². The Morgan fingerprint density at radius 1 is 1.35 bits per heavy atom. The fourth-order valence-electron chi connectivity index (χ4n) is 1.75. The van der Waals surface area contributed by atoms with E-state index in [9.17, 15) is 4.39 Å². The second-order valence-electron chi connectivity index (χ2n) is 4.11. The van der Waals surface area contributed by atoms with Gasteiger partial charge in [-0.25, -0.2) is 4.39 Å². The minimum absolute atomic E-state index is 0.201. The van der Waals surface area contributed by atoms with E-state index in [0.29, 0.717) is 6.54 Å². The Morgan fingerprint density at radius 3 is 2.94 bits per heavy atom. The molecule has 1 heterocycles. The molecule has 1 N–H and O–H groups in total. The Kier molecular flexibility index (Phi) is 3.54. The number of rotatable bonds is 4. The maximum Gasteiger partial charge on any atom is 0.123 e. The summed E-state index contributed by atoms with van der Waals surface area (Å²) in [7, 11) is 1.88. The fourth-order valence-corrected chi connectivity index (χ4v) is 1.75. The summed E-state index contributed by atoms with van der Waals surface area (Å²) >= 11 is 0. The van der Waals surface area contributed by atoms with Crippen molar-refractivity contribution in [2.45, 2.75) is 20.0 Å². The quantitative estimate of drug-likeness (QED) is 0.876. The van der Waals surface area contributed by atoms with E-state index in [1.165, 1.54) is 6.07 Å². The van der Waals surface area contributed by atoms with Crippen LogP contribution in [-0.4, -0.2) is 16.8 Å². The first kappa shape index (κ1) is 11.8. The van der Waals surface area contributed by atoms with Crippen LogP contribution in [0.5, 0.6) is 0 Å². The van der Waals surface area contributed by atoms with E-state index in [1.54, 1.807) is 12.1 Å². The van der Waals surface area contributed by atoms with Crippen LogP contribution in [0.2, 0.25) is 0 Å². The number of hydrogen-bond acceptors (Lipinski definition) is 2. The van der Waals surface area contributed by atoms with Gasteiger partial charge in [0.25, 0.3) is 0 Å². The fraction of sp³-hybridized carbons (Fsp3) is 0.308. The van der Waals surface area contributed by atoms with Crippen LogP contribution >= 0.6 is 0 Å². The summed E-state index contributed by atoms with van der Waals surface area (Å²) in [4.78, 5) is 0. The zero-order chi connectivity index (χ0) is 12.3. The van der Waals surface area contributed by atoms with E-state index in [-0.39, 0.29) is 5.82 Å². The van der Waals surface area contributed by atoms with Crippen molar-refractivity contribution >= 4 is 0 Å². The maximum absolute atomic E-state index is 13.1. The van der Waals surface area contributed by atoms with Crippen molar-refractivity contribution in [3.05, 3.63) is 53.1 Å². The maximum atomic E-state index is 13.1. The lowest BCUT2D eigenvalue weighted by molar-refractivity contribution is 0.615. The molecule has 2 aromatic rings. The molecule has 17 heavy (non-hydrogen) atoms. The number of nitrogens with zero attached hydrogens (tertiary/aromatic N) is 2. The minimum atomic E-state index is -0.201. The summed E-state index contributed by atoms with van der Waals surface area (Å²) in [5.41, 5.74) is 3.03. The van der Waals surface area contributed by atoms with Gasteiger partial charge in [-0.2, -0.15) is 5.10 Å². The van der Waals surface area contributed by atoms with Crippen LogP contribution in [0.15, 0.2) is 30.5 Å². The zero-order valence-electron chi connectivity index (χ0n) is 10.1. The van der Waals surface area contributed by atoms with Gasteiger partial charge < -0.3 is 5.32 Å². The molecule has 0 fully saturated rings. The summed E-state index contributed by atoms with van der Waals surface area (Å²) in [6.07, 6.45) is 1.91. The van der Waals surface area contributed by atoms with E-state index >= 15 is 0 Å². The predicted molar refractivity (Wildman–Crippen MR) is 65.2 cm³/mol. The van der Waals surface area contributed by atoms with Gasteiger partial charge in [0.1, 0.15) is 5.82 Å². The largest absolute Gasteiger partial charge is 0.314 e. The van der Waals surface area contributed by atoms with Crippen molar-refractivity contribution in [2.75, 3.05) is 7.05 Å². The molecule has 0 atom stereocenters. The molecule has 0 aliphatic rings. The smallest absolute Gasteiger partial charge is 0.123 e. The van der Waals surface area contributed by atoms with Gasteiger partial charge in [-0.3, -0.25) is 4.68 Å². The first-order valence-corrected chi connectivity index (χ1v) is 5.61. The zero-order valence-corrected chi connectivity index (χ0v) is 10.1. The lowest BCUT2D eigenvalue weighted by Crippen LogP contribution is -2.08. The van der Waals surface area contributed by atoms with E-state index in [4.69, 9.17) is 0 Å². The predicted octanol–water partition coefficient (Wildman–Crippen LogP) is 2.10. The van der Waals surface area contributed by atoms with Gasteiger partial charge in [0.2, 0.25) is 0 Å². The summed E-state index contributed by atoms with van der Waals surface area (Å²) in [5, 5.41) is 7.44. The highest BCUT2D eigenvalue weighted by atomic mass is 19.1. The normalized spacial score (nSPS) is 10.8. The Bertz CT molecular complexity index is 505. The van der Waals surface area contributed by atoms with Crippen molar-refractivity contribution in [1.29, 1.82) is 0 Å². The third-order valence-corrected chi connectivity index (χ3v) is 2.70. The van der Waals surface area contributed by atoms with E-state index in [0.717, 1.165) is 23.4 Å². The number of aryl methyl sites for hydroxylation is 1. The standard InChI is InChI=1S/C13H16FN3/c1-10-3-4-12(14)7-11(10)9-17-6-5-13(16-17)8-15-2/h3-7,15H,8-9H2,1-2H3. The average molecular weight is 233 g/mol. The molecule has 3 nitrogen and oxygen atoms in total. The van der Waals surface area contributed by atoms with Crippen LogP contribution in [0.25, 0.3) is 0 Å². The molecule has 0 radical (unpaired) electrons. The Labute approximate surface area is 100 Å². The molecule has 0 saturated carbocycles. The van der Waals surface area contributed by atoms with Crippen LogP contribution < -0.4 is 5.32 Å². The minimum Gasteiger partial charge on any atom is -0.314 e. The third-order valence-electron chi connectivity index (χ3n) is 2.70. The SMILES string of the molecule is CNCc1ccn(Cc2cc(F)ccc2C)n1. The highest BCUT2D eigenvalue weighted by molar-refractivity contribution is 5.26. The summed E-state index contributed by atoms with van der Waals surface area (Å²) < 4.78 is 15.0. The van der Waals surface area contributed by atoms with Gasteiger partial charge in [0.05, 0.1) is 12.2 Å². The second kappa shape index (κ2) is 5.10. The lowest BCUT2D eigenvalue weighted by atomic mass is 10.1. The van der Waals surface area contributed by atoms with Gasteiger partial charge in [-0.1, -0.05) is 6.07 Å². The average Bonchev–Trinajstić information content (AvgIpc) is 2.72. The molecule has 0 bridgehead atoms. The van der Waals surface area contributed by atoms with Gasteiger partial charge >= 0.3 is 0 Å². The molecule has 0 aliphatic heterocycles. The Hall–Kier alpha value is -1.68. The number of aromatic nitrogens is 2. The van der Waals surface area contributed by atoms with Crippen LogP contribution in [0.1, 0.15) is 16.8 Å². The van der Waals surface area contributed by atoms with E-state index < -0.39 is 0 Å². The summed E-state index contributed by atoms with van der Waals surface area (Å²) in [6, 6.07) is 6.80. The summed E-state index contributed by atoms with van der Waals surface area (Å²) in [6.45, 7) is 3.33. The topological polar surface area (TPSA) is 29.9 Å². The van der Waals surface area contributed by atoms with E-state index in [2.05, 4.69) is 10.4 Å². The monoisotopic (exact) mass is 233 g/mol. The molecule has 2 rings (SSSR count). The van der Waals surface area contributed by atoms with Crippen molar-refractivity contribution in [3.63, 3.8) is 0 Å². The number of nitrogens with one attached hydrogen (secondary N) is 1. The van der Waals surface area contributed by atoms with Gasteiger partial charge in [0.15, 0.2) is 0 Å². The van der Waals surface area contributed by atoms with E-state index in [1.807, 2.05) is 30.9 Å². The number of halogens is 1. The first-order chi connectivity index (χ1) is 8.19. The highest BCUT2D eigenvalue weighted by Gasteiger charge is 2.03. The molecule has 1 aromatic heterocycles. The second-order valence-corrected chi connectivity index (χ2v) is 4.11. The molecule has 0 spiro atoms. The van der Waals surface area contributed by atoms with Crippen LogP contribution in [0, 0.1) is 12.7 Å². The third kappa shape index (κ3) is 2.91. The molecule has 90 valence electrons. The molecule has 0 unspecified atom stereocenters. The molecule has 0 saturated heterocycles. The number of hydrogen-bond donors (Lipinski definition) is 1. The summed E-state index contributed by atoms with van der Waals surface area (Å²) in [5.74, 6) is -0.201. The molecule has 0 amide bonds. The Morgan fingerprint density at radius 2 is 2.18 bits per heavy atom. The van der Waals surface area contributed by atoms with Crippen molar-refractivity contribution in [2.24, 2.45) is 0 Å². The van der Waals surface area contributed by atoms with Crippen LogP contribution in [-0.2, 0) is 13.1 Å². The molecule has 4 heteroatoms. The first-order valence-electron chi connectivity index (χ1n) is 5.61. The van der Waals surface area contributed by atoms with Crippen molar-refractivity contribution in [1.82, 2.24) is 15.1 Å².